The second-order valence-electron chi connectivity index (χ2n) is 5.53. The van der Waals surface area contributed by atoms with Gasteiger partial charge in [-0.15, -0.1) is 0 Å². The fraction of sp³-hybridized carbons (Fsp3) is 0.200. The van der Waals surface area contributed by atoms with Gasteiger partial charge < -0.3 is 4.74 Å². The molecule has 0 aliphatic heterocycles. The lowest BCUT2D eigenvalue weighted by molar-refractivity contribution is -0.145. The van der Waals surface area contributed by atoms with Gasteiger partial charge in [0.15, 0.2) is 0 Å². The maximum Gasteiger partial charge on any atom is 0.306 e. The molecular formula is C20H19NO2. The Morgan fingerprint density at radius 2 is 1.83 bits per heavy atom. The molecule has 3 aromatic rings. The number of carbonyl (C=O) groups is 1. The highest BCUT2D eigenvalue weighted by Crippen LogP contribution is 2.15. The predicted molar refractivity (Wildman–Crippen MR) is 90.9 cm³/mol. The molecule has 0 spiro atoms. The topological polar surface area (TPSA) is 39.2 Å². The van der Waals surface area contributed by atoms with Crippen LogP contribution in [-0.4, -0.2) is 11.0 Å². The molecule has 1 aromatic heterocycles. The number of hydrogen-bond donors (Lipinski definition) is 0. The number of nitrogens with zero attached hydrogens (tertiary/aromatic N) is 1. The van der Waals surface area contributed by atoms with Crippen molar-refractivity contribution >= 4 is 16.9 Å². The molecule has 0 atom stereocenters. The maximum atomic E-state index is 11.8. The van der Waals surface area contributed by atoms with Gasteiger partial charge >= 0.3 is 5.97 Å². The monoisotopic (exact) mass is 305 g/mol. The van der Waals surface area contributed by atoms with E-state index in [9.17, 15) is 4.79 Å². The van der Waals surface area contributed by atoms with Crippen LogP contribution < -0.4 is 0 Å². The average molecular weight is 305 g/mol. The van der Waals surface area contributed by atoms with E-state index in [1.807, 2.05) is 42.5 Å². The van der Waals surface area contributed by atoms with Gasteiger partial charge in [0.05, 0.1) is 5.52 Å². The zero-order valence-corrected chi connectivity index (χ0v) is 12.9. The average Bonchev–Trinajstić information content (AvgIpc) is 2.61. The first-order valence-electron chi connectivity index (χ1n) is 7.84. The summed E-state index contributed by atoms with van der Waals surface area (Å²) in [5.74, 6) is -0.142. The summed E-state index contributed by atoms with van der Waals surface area (Å²) < 4.78 is 5.29. The van der Waals surface area contributed by atoms with Crippen LogP contribution in [0.5, 0.6) is 0 Å². The van der Waals surface area contributed by atoms with Crippen molar-refractivity contribution in [3.8, 4) is 0 Å². The largest absolute Gasteiger partial charge is 0.461 e. The third-order valence-corrected chi connectivity index (χ3v) is 3.76. The fourth-order valence-corrected chi connectivity index (χ4v) is 2.53. The molecule has 0 amide bonds. The smallest absolute Gasteiger partial charge is 0.306 e. The second kappa shape index (κ2) is 7.54. The molecule has 0 radical (unpaired) electrons. The van der Waals surface area contributed by atoms with Crippen molar-refractivity contribution < 1.29 is 9.53 Å². The molecular weight excluding hydrogens is 286 g/mol. The molecule has 0 fully saturated rings. The number of fused-ring (bicyclic) bond motifs is 1. The van der Waals surface area contributed by atoms with Crippen LogP contribution in [0.25, 0.3) is 10.9 Å². The van der Waals surface area contributed by atoms with Crippen molar-refractivity contribution in [3.05, 3.63) is 78.0 Å². The van der Waals surface area contributed by atoms with E-state index in [1.165, 1.54) is 5.56 Å². The van der Waals surface area contributed by atoms with E-state index in [2.05, 4.69) is 23.2 Å². The highest BCUT2D eigenvalue weighted by molar-refractivity contribution is 5.78. The van der Waals surface area contributed by atoms with Gasteiger partial charge in [-0.05, 0) is 42.2 Å². The van der Waals surface area contributed by atoms with Crippen molar-refractivity contribution in [1.29, 1.82) is 0 Å². The summed E-state index contributed by atoms with van der Waals surface area (Å²) in [6.07, 6.45) is 3.90. The number of carbonyl (C=O) groups excluding carboxylic acids is 1. The van der Waals surface area contributed by atoms with Crippen molar-refractivity contribution in [2.75, 3.05) is 0 Å². The summed E-state index contributed by atoms with van der Waals surface area (Å²) in [5.41, 5.74) is 3.24. The summed E-state index contributed by atoms with van der Waals surface area (Å²) in [7, 11) is 0. The quantitative estimate of drug-likeness (QED) is 0.637. The Kier molecular flexibility index (Phi) is 4.99. The molecule has 0 N–H and O–H groups in total. The molecule has 0 aliphatic carbocycles. The Bertz CT molecular complexity index is 784. The molecule has 3 nitrogen and oxygen atoms in total. The van der Waals surface area contributed by atoms with Crippen LogP contribution in [-0.2, 0) is 22.6 Å². The minimum atomic E-state index is -0.142. The lowest BCUT2D eigenvalue weighted by Crippen LogP contribution is -2.04. The first-order chi connectivity index (χ1) is 11.3. The van der Waals surface area contributed by atoms with E-state index in [-0.39, 0.29) is 5.97 Å². The second-order valence-corrected chi connectivity index (χ2v) is 5.53. The highest BCUT2D eigenvalue weighted by Gasteiger charge is 2.04. The van der Waals surface area contributed by atoms with E-state index in [4.69, 9.17) is 4.74 Å². The van der Waals surface area contributed by atoms with Crippen LogP contribution in [0.1, 0.15) is 24.0 Å². The first-order valence-corrected chi connectivity index (χ1v) is 7.84. The maximum absolute atomic E-state index is 11.8. The molecule has 0 unspecified atom stereocenters. The van der Waals surface area contributed by atoms with Crippen molar-refractivity contribution in [3.63, 3.8) is 0 Å². The molecule has 116 valence electrons. The molecule has 0 bridgehead atoms. The van der Waals surface area contributed by atoms with E-state index >= 15 is 0 Å². The molecule has 2 aromatic carbocycles. The lowest BCUT2D eigenvalue weighted by atomic mass is 10.1. The van der Waals surface area contributed by atoms with Crippen LogP contribution in [0.15, 0.2) is 66.9 Å². The number of pyridine rings is 1. The van der Waals surface area contributed by atoms with Crippen molar-refractivity contribution in [2.45, 2.75) is 25.9 Å². The Morgan fingerprint density at radius 1 is 0.957 bits per heavy atom. The van der Waals surface area contributed by atoms with Gasteiger partial charge in [-0.25, -0.2) is 0 Å². The van der Waals surface area contributed by atoms with Crippen LogP contribution in [0.2, 0.25) is 0 Å². The molecule has 0 saturated carbocycles. The van der Waals surface area contributed by atoms with Crippen molar-refractivity contribution in [2.24, 2.45) is 0 Å². The summed E-state index contributed by atoms with van der Waals surface area (Å²) in [6.45, 7) is 0.349. The van der Waals surface area contributed by atoms with E-state index in [0.717, 1.165) is 29.3 Å². The van der Waals surface area contributed by atoms with Gasteiger partial charge in [0.25, 0.3) is 0 Å². The molecule has 0 aliphatic rings. The van der Waals surface area contributed by atoms with Crippen LogP contribution in [0.4, 0.5) is 0 Å². The molecule has 23 heavy (non-hydrogen) atoms. The number of benzene rings is 2. The summed E-state index contributed by atoms with van der Waals surface area (Å²) in [6, 6.07) is 20.0. The predicted octanol–water partition coefficient (Wildman–Crippen LogP) is 4.30. The van der Waals surface area contributed by atoms with Gasteiger partial charge in [0.2, 0.25) is 0 Å². The minimum absolute atomic E-state index is 0.142. The zero-order valence-electron chi connectivity index (χ0n) is 12.9. The number of hydrogen-bond acceptors (Lipinski definition) is 3. The highest BCUT2D eigenvalue weighted by atomic mass is 16.5. The third kappa shape index (κ3) is 4.39. The van der Waals surface area contributed by atoms with Crippen LogP contribution in [0.3, 0.4) is 0 Å². The minimum Gasteiger partial charge on any atom is -0.461 e. The Balaban J connectivity index is 1.45. The van der Waals surface area contributed by atoms with Gasteiger partial charge in [-0.3, -0.25) is 9.78 Å². The van der Waals surface area contributed by atoms with Gasteiger partial charge in [0, 0.05) is 18.0 Å². The Morgan fingerprint density at radius 3 is 2.70 bits per heavy atom. The molecule has 0 saturated heterocycles. The van der Waals surface area contributed by atoms with Crippen LogP contribution in [0, 0.1) is 0 Å². The van der Waals surface area contributed by atoms with Gasteiger partial charge in [-0.2, -0.15) is 0 Å². The zero-order chi connectivity index (χ0) is 15.9. The van der Waals surface area contributed by atoms with Crippen molar-refractivity contribution in [1.82, 2.24) is 4.98 Å². The molecule has 3 heteroatoms. The fourth-order valence-electron chi connectivity index (χ4n) is 2.53. The lowest BCUT2D eigenvalue weighted by Gasteiger charge is -2.06. The van der Waals surface area contributed by atoms with Gasteiger partial charge in [0.1, 0.15) is 6.61 Å². The standard InChI is InChI=1S/C20H19NO2/c22-20(23-15-17-6-2-1-3-7-17)10-4-8-16-11-12-19-18(14-16)9-5-13-21-19/h1-3,5-7,9,11-14H,4,8,10,15H2. The molecule has 1 heterocycles. The van der Waals surface area contributed by atoms with E-state index in [0.29, 0.717) is 13.0 Å². The number of esters is 1. The number of rotatable bonds is 6. The van der Waals surface area contributed by atoms with E-state index in [1.54, 1.807) is 6.20 Å². The van der Waals surface area contributed by atoms with Gasteiger partial charge in [-0.1, -0.05) is 42.5 Å². The van der Waals surface area contributed by atoms with Crippen LogP contribution >= 0.6 is 0 Å². The number of ether oxygens (including phenoxy) is 1. The number of aromatic nitrogens is 1. The normalized spacial score (nSPS) is 10.6. The van der Waals surface area contributed by atoms with E-state index < -0.39 is 0 Å². The SMILES string of the molecule is O=C(CCCc1ccc2ncccc2c1)OCc1ccccc1. The summed E-state index contributed by atoms with van der Waals surface area (Å²) in [4.78, 5) is 16.1. The molecule has 3 rings (SSSR count). The Labute approximate surface area is 135 Å². The Hall–Kier alpha value is -2.68. The summed E-state index contributed by atoms with van der Waals surface area (Å²) in [5, 5.41) is 1.14. The number of aryl methyl sites for hydroxylation is 1. The first kappa shape index (κ1) is 15.2. The third-order valence-electron chi connectivity index (χ3n) is 3.76. The summed E-state index contributed by atoms with van der Waals surface area (Å²) >= 11 is 0.